The van der Waals surface area contributed by atoms with Gasteiger partial charge in [-0.25, -0.2) is 13.6 Å². The van der Waals surface area contributed by atoms with Crippen molar-refractivity contribution in [2.75, 3.05) is 0 Å². The Balaban J connectivity index is 2.07. The van der Waals surface area contributed by atoms with Gasteiger partial charge in [0.1, 0.15) is 0 Å². The van der Waals surface area contributed by atoms with Crippen molar-refractivity contribution in [1.29, 1.82) is 0 Å². The summed E-state index contributed by atoms with van der Waals surface area (Å²) in [6, 6.07) is 26.7. The normalized spacial score (nSPS) is 11.0. The van der Waals surface area contributed by atoms with Gasteiger partial charge in [-0.05, 0) is 40.5 Å². The van der Waals surface area contributed by atoms with E-state index in [1.807, 2.05) is 42.5 Å². The summed E-state index contributed by atoms with van der Waals surface area (Å²) in [5, 5.41) is 5.15. The van der Waals surface area contributed by atoms with E-state index in [-0.39, 0.29) is 4.90 Å². The predicted octanol–water partition coefficient (Wildman–Crippen LogP) is 3.92. The molecular formula is C20H17NO2S. The molecule has 24 heavy (non-hydrogen) atoms. The molecule has 3 aromatic carbocycles. The molecule has 0 heterocycles. The molecular weight excluding hydrogens is 318 g/mol. The maximum Gasteiger partial charge on any atom is 0.238 e. The van der Waals surface area contributed by atoms with Gasteiger partial charge in [-0.15, -0.1) is 0 Å². The molecule has 3 nitrogen and oxygen atoms in total. The molecule has 0 saturated carbocycles. The average molecular weight is 335 g/mol. The fraction of sp³-hybridized carbons (Fsp3) is 0. The Hall–Kier alpha value is -2.69. The third kappa shape index (κ3) is 3.79. The number of hydrogen-bond donors (Lipinski definition) is 1. The molecule has 3 rings (SSSR count). The van der Waals surface area contributed by atoms with Gasteiger partial charge < -0.3 is 0 Å². The Bertz CT molecular complexity index is 904. The highest BCUT2D eigenvalue weighted by Gasteiger charge is 2.08. The van der Waals surface area contributed by atoms with Crippen LogP contribution in [0.3, 0.4) is 0 Å². The van der Waals surface area contributed by atoms with Gasteiger partial charge in [-0.3, -0.25) is 0 Å². The lowest BCUT2D eigenvalue weighted by Crippen LogP contribution is -2.11. The monoisotopic (exact) mass is 335 g/mol. The molecule has 0 aliphatic rings. The number of primary sulfonamides is 1. The minimum Gasteiger partial charge on any atom is -0.225 e. The fourth-order valence-electron chi connectivity index (χ4n) is 2.49. The molecule has 0 aliphatic heterocycles. The number of sulfonamides is 1. The summed E-state index contributed by atoms with van der Waals surface area (Å²) in [6.45, 7) is 0. The zero-order chi connectivity index (χ0) is 17.0. The van der Waals surface area contributed by atoms with Gasteiger partial charge in [0.25, 0.3) is 0 Å². The molecule has 120 valence electrons. The molecule has 0 amide bonds. The van der Waals surface area contributed by atoms with Crippen LogP contribution in [-0.4, -0.2) is 8.42 Å². The van der Waals surface area contributed by atoms with Gasteiger partial charge in [0.2, 0.25) is 10.0 Å². The zero-order valence-corrected chi connectivity index (χ0v) is 13.8. The molecule has 0 aliphatic carbocycles. The topological polar surface area (TPSA) is 60.2 Å². The Kier molecular flexibility index (Phi) is 4.60. The fourth-order valence-corrected chi connectivity index (χ4v) is 3.00. The third-order valence-corrected chi connectivity index (χ3v) is 4.62. The van der Waals surface area contributed by atoms with Crippen molar-refractivity contribution >= 4 is 21.7 Å². The van der Waals surface area contributed by atoms with E-state index in [9.17, 15) is 8.42 Å². The molecule has 2 N–H and O–H groups in total. The van der Waals surface area contributed by atoms with Crippen molar-refractivity contribution < 1.29 is 8.42 Å². The van der Waals surface area contributed by atoms with E-state index < -0.39 is 10.0 Å². The van der Waals surface area contributed by atoms with Crippen LogP contribution in [0.25, 0.3) is 11.6 Å². The van der Waals surface area contributed by atoms with Crippen molar-refractivity contribution in [1.82, 2.24) is 0 Å². The summed E-state index contributed by atoms with van der Waals surface area (Å²) in [5.41, 5.74) is 4.17. The Morgan fingerprint density at radius 1 is 0.708 bits per heavy atom. The summed E-state index contributed by atoms with van der Waals surface area (Å²) in [6.07, 6.45) is 2.04. The first-order valence-corrected chi connectivity index (χ1v) is 9.04. The van der Waals surface area contributed by atoms with Crippen molar-refractivity contribution in [2.45, 2.75) is 4.90 Å². The van der Waals surface area contributed by atoms with Crippen LogP contribution in [0.15, 0.2) is 89.8 Å². The quantitative estimate of drug-likeness (QED) is 0.735. The standard InChI is InChI=1S/C20H17NO2S/c21-24(22,23)19-13-11-16(12-14-19)15-20(17-7-3-1-4-8-17)18-9-5-2-6-10-18/h1-15H,(H2,21,22,23). The number of nitrogens with two attached hydrogens (primary N) is 1. The predicted molar refractivity (Wildman–Crippen MR) is 97.7 cm³/mol. The molecule has 0 unspecified atom stereocenters. The lowest BCUT2D eigenvalue weighted by molar-refractivity contribution is 0.598. The molecule has 0 spiro atoms. The zero-order valence-electron chi connectivity index (χ0n) is 13.0. The second-order valence-electron chi connectivity index (χ2n) is 5.40. The number of hydrogen-bond acceptors (Lipinski definition) is 2. The van der Waals surface area contributed by atoms with Gasteiger partial charge in [-0.1, -0.05) is 72.8 Å². The van der Waals surface area contributed by atoms with Gasteiger partial charge >= 0.3 is 0 Å². The van der Waals surface area contributed by atoms with Crippen molar-refractivity contribution in [3.05, 3.63) is 102 Å². The van der Waals surface area contributed by atoms with Crippen LogP contribution in [-0.2, 0) is 10.0 Å². The highest BCUT2D eigenvalue weighted by atomic mass is 32.2. The molecule has 0 fully saturated rings. The van der Waals surface area contributed by atoms with Crippen LogP contribution in [0, 0.1) is 0 Å². The highest BCUT2D eigenvalue weighted by Crippen LogP contribution is 2.26. The average Bonchev–Trinajstić information content (AvgIpc) is 2.61. The maximum absolute atomic E-state index is 11.4. The van der Waals surface area contributed by atoms with E-state index in [0.29, 0.717) is 0 Å². The van der Waals surface area contributed by atoms with Crippen molar-refractivity contribution in [2.24, 2.45) is 5.14 Å². The van der Waals surface area contributed by atoms with E-state index in [1.54, 1.807) is 12.1 Å². The van der Waals surface area contributed by atoms with Crippen molar-refractivity contribution in [3.8, 4) is 0 Å². The molecule has 0 radical (unpaired) electrons. The molecule has 0 saturated heterocycles. The Morgan fingerprint density at radius 2 is 1.17 bits per heavy atom. The summed E-state index contributed by atoms with van der Waals surface area (Å²) in [7, 11) is -3.67. The largest absolute Gasteiger partial charge is 0.238 e. The number of rotatable bonds is 4. The lowest BCUT2D eigenvalue weighted by Gasteiger charge is -2.09. The van der Waals surface area contributed by atoms with Gasteiger partial charge in [0, 0.05) is 0 Å². The van der Waals surface area contributed by atoms with Gasteiger partial charge in [-0.2, -0.15) is 0 Å². The number of benzene rings is 3. The highest BCUT2D eigenvalue weighted by molar-refractivity contribution is 7.89. The summed E-state index contributed by atoms with van der Waals surface area (Å²) in [4.78, 5) is 0.112. The SMILES string of the molecule is NS(=O)(=O)c1ccc(C=C(c2ccccc2)c2ccccc2)cc1. The van der Waals surface area contributed by atoms with Crippen LogP contribution in [0.4, 0.5) is 0 Å². The maximum atomic E-state index is 11.4. The first-order chi connectivity index (χ1) is 11.5. The van der Waals surface area contributed by atoms with Gasteiger partial charge in [0.05, 0.1) is 4.90 Å². The summed E-state index contributed by atoms with van der Waals surface area (Å²) < 4.78 is 22.7. The van der Waals surface area contributed by atoms with Crippen molar-refractivity contribution in [3.63, 3.8) is 0 Å². The first-order valence-electron chi connectivity index (χ1n) is 7.49. The van der Waals surface area contributed by atoms with Crippen LogP contribution >= 0.6 is 0 Å². The summed E-state index contributed by atoms with van der Waals surface area (Å²) >= 11 is 0. The molecule has 4 heteroatoms. The minimum atomic E-state index is -3.67. The minimum absolute atomic E-state index is 0.112. The second kappa shape index (κ2) is 6.83. The van der Waals surface area contributed by atoms with E-state index in [2.05, 4.69) is 24.3 Å². The van der Waals surface area contributed by atoms with E-state index in [4.69, 9.17) is 5.14 Å². The van der Waals surface area contributed by atoms with Crippen LogP contribution in [0.2, 0.25) is 0 Å². The third-order valence-electron chi connectivity index (χ3n) is 3.69. The molecule has 0 bridgehead atoms. The van der Waals surface area contributed by atoms with Crippen LogP contribution in [0.1, 0.15) is 16.7 Å². The molecule has 0 atom stereocenters. The summed E-state index contributed by atoms with van der Waals surface area (Å²) in [5.74, 6) is 0. The smallest absolute Gasteiger partial charge is 0.225 e. The molecule has 3 aromatic rings. The molecule has 0 aromatic heterocycles. The first kappa shape index (κ1) is 16.2. The Morgan fingerprint density at radius 3 is 1.58 bits per heavy atom. The van der Waals surface area contributed by atoms with E-state index in [0.717, 1.165) is 22.3 Å². The van der Waals surface area contributed by atoms with E-state index >= 15 is 0 Å². The van der Waals surface area contributed by atoms with E-state index in [1.165, 1.54) is 12.1 Å². The Labute approximate surface area is 142 Å². The van der Waals surface area contributed by atoms with Gasteiger partial charge in [0.15, 0.2) is 0 Å². The second-order valence-corrected chi connectivity index (χ2v) is 6.97. The van der Waals surface area contributed by atoms with Crippen LogP contribution < -0.4 is 5.14 Å². The lowest BCUT2D eigenvalue weighted by atomic mass is 9.96. The van der Waals surface area contributed by atoms with Crippen LogP contribution in [0.5, 0.6) is 0 Å².